The summed E-state index contributed by atoms with van der Waals surface area (Å²) in [6.07, 6.45) is 1.01. The fourth-order valence-corrected chi connectivity index (χ4v) is 2.37. The van der Waals surface area contributed by atoms with Crippen LogP contribution in [0, 0.1) is 5.82 Å². The number of rotatable bonds is 6. The molecule has 0 aliphatic heterocycles. The molecule has 0 amide bonds. The number of ether oxygens (including phenoxy) is 1. The molecular formula is C10H11BrClFO3S. The summed E-state index contributed by atoms with van der Waals surface area (Å²) in [5.74, 6) is 0.114. The Balaban J connectivity index is 2.29. The van der Waals surface area contributed by atoms with Crippen LogP contribution < -0.4 is 4.74 Å². The fourth-order valence-electron chi connectivity index (χ4n) is 1.13. The highest BCUT2D eigenvalue weighted by Crippen LogP contribution is 2.21. The molecule has 0 atom stereocenters. The van der Waals surface area contributed by atoms with Crippen molar-refractivity contribution in [2.45, 2.75) is 12.8 Å². The molecule has 0 N–H and O–H groups in total. The Morgan fingerprint density at radius 2 is 2.06 bits per heavy atom. The molecule has 0 aliphatic rings. The lowest BCUT2D eigenvalue weighted by molar-refractivity contribution is 0.309. The number of hydrogen-bond donors (Lipinski definition) is 0. The van der Waals surface area contributed by atoms with E-state index in [-0.39, 0.29) is 11.6 Å². The predicted octanol–water partition coefficient (Wildman–Crippen LogP) is 3.32. The standard InChI is InChI=1S/C10H11BrClFO3S/c11-9-7-8(3-4-10(9)13)16-5-1-2-6-17(12,14)15/h3-4,7H,1-2,5-6H2. The third-order valence-electron chi connectivity index (χ3n) is 1.94. The lowest BCUT2D eigenvalue weighted by Gasteiger charge is -2.06. The van der Waals surface area contributed by atoms with Crippen molar-refractivity contribution in [1.29, 1.82) is 0 Å². The Morgan fingerprint density at radius 3 is 2.65 bits per heavy atom. The van der Waals surface area contributed by atoms with Crippen LogP contribution in [0.1, 0.15) is 12.8 Å². The SMILES string of the molecule is O=S(=O)(Cl)CCCCOc1ccc(F)c(Br)c1. The maximum absolute atomic E-state index is 12.9. The zero-order chi connectivity index (χ0) is 12.9. The molecule has 0 heterocycles. The normalized spacial score (nSPS) is 11.5. The van der Waals surface area contributed by atoms with E-state index in [1.54, 1.807) is 0 Å². The van der Waals surface area contributed by atoms with Crippen LogP contribution in [-0.2, 0) is 9.05 Å². The van der Waals surface area contributed by atoms with Crippen LogP contribution in [0.2, 0.25) is 0 Å². The minimum Gasteiger partial charge on any atom is -0.494 e. The second kappa shape index (κ2) is 6.56. The molecule has 3 nitrogen and oxygen atoms in total. The highest BCUT2D eigenvalue weighted by atomic mass is 79.9. The Labute approximate surface area is 112 Å². The minimum absolute atomic E-state index is 0.0645. The van der Waals surface area contributed by atoms with E-state index >= 15 is 0 Å². The number of hydrogen-bond acceptors (Lipinski definition) is 3. The smallest absolute Gasteiger partial charge is 0.232 e. The van der Waals surface area contributed by atoms with Gasteiger partial charge in [0, 0.05) is 10.7 Å². The summed E-state index contributed by atoms with van der Waals surface area (Å²) in [6.45, 7) is 0.366. The highest BCUT2D eigenvalue weighted by molar-refractivity contribution is 9.10. The van der Waals surface area contributed by atoms with E-state index in [2.05, 4.69) is 15.9 Å². The molecule has 17 heavy (non-hydrogen) atoms. The number of benzene rings is 1. The van der Waals surface area contributed by atoms with Crippen molar-refractivity contribution >= 4 is 35.7 Å². The third-order valence-corrected chi connectivity index (χ3v) is 3.79. The van der Waals surface area contributed by atoms with Gasteiger partial charge in [-0.15, -0.1) is 0 Å². The van der Waals surface area contributed by atoms with Gasteiger partial charge in [0.15, 0.2) is 0 Å². The average Bonchev–Trinajstić information content (AvgIpc) is 2.21. The molecule has 0 aromatic heterocycles. The van der Waals surface area contributed by atoms with E-state index in [1.807, 2.05) is 0 Å². The lowest BCUT2D eigenvalue weighted by Crippen LogP contribution is -2.02. The van der Waals surface area contributed by atoms with Crippen molar-refractivity contribution in [2.75, 3.05) is 12.4 Å². The van der Waals surface area contributed by atoms with Gasteiger partial charge in [-0.05, 0) is 47.0 Å². The highest BCUT2D eigenvalue weighted by Gasteiger charge is 2.05. The first-order valence-corrected chi connectivity index (χ1v) is 8.16. The van der Waals surface area contributed by atoms with Crippen molar-refractivity contribution in [3.63, 3.8) is 0 Å². The molecule has 0 saturated heterocycles. The molecule has 96 valence electrons. The molecule has 0 fully saturated rings. The Hall–Kier alpha value is -0.330. The number of halogens is 3. The van der Waals surface area contributed by atoms with Crippen LogP contribution in [-0.4, -0.2) is 20.8 Å². The Bertz CT molecular complexity index is 478. The molecular weight excluding hydrogens is 335 g/mol. The molecule has 7 heteroatoms. The van der Waals surface area contributed by atoms with Crippen molar-refractivity contribution in [1.82, 2.24) is 0 Å². The predicted molar refractivity (Wildman–Crippen MR) is 68.5 cm³/mol. The van der Waals surface area contributed by atoms with Crippen molar-refractivity contribution in [2.24, 2.45) is 0 Å². The van der Waals surface area contributed by atoms with Crippen LogP contribution in [0.25, 0.3) is 0 Å². The summed E-state index contributed by atoms with van der Waals surface area (Å²) in [6, 6.07) is 4.33. The van der Waals surface area contributed by atoms with Crippen LogP contribution in [0.15, 0.2) is 22.7 Å². The van der Waals surface area contributed by atoms with E-state index in [1.165, 1.54) is 18.2 Å². The zero-order valence-corrected chi connectivity index (χ0v) is 12.0. The van der Waals surface area contributed by atoms with Crippen LogP contribution >= 0.6 is 26.6 Å². The van der Waals surface area contributed by atoms with E-state index in [9.17, 15) is 12.8 Å². The molecule has 1 aromatic carbocycles. The van der Waals surface area contributed by atoms with E-state index in [4.69, 9.17) is 15.4 Å². The summed E-state index contributed by atoms with van der Waals surface area (Å²) < 4.78 is 39.8. The van der Waals surface area contributed by atoms with E-state index < -0.39 is 9.05 Å². The van der Waals surface area contributed by atoms with Crippen molar-refractivity contribution in [3.8, 4) is 5.75 Å². The molecule has 0 radical (unpaired) electrons. The third kappa shape index (κ3) is 6.24. The maximum atomic E-state index is 12.9. The molecule has 0 bridgehead atoms. The second-order valence-corrected chi connectivity index (χ2v) is 7.13. The zero-order valence-electron chi connectivity index (χ0n) is 8.83. The van der Waals surface area contributed by atoms with E-state index in [0.717, 1.165) is 0 Å². The van der Waals surface area contributed by atoms with Gasteiger partial charge in [0.1, 0.15) is 11.6 Å². The fraction of sp³-hybridized carbons (Fsp3) is 0.400. The second-order valence-electron chi connectivity index (χ2n) is 3.37. The maximum Gasteiger partial charge on any atom is 0.232 e. The summed E-state index contributed by atoms with van der Waals surface area (Å²) in [5.41, 5.74) is 0. The summed E-state index contributed by atoms with van der Waals surface area (Å²) in [7, 11) is 1.63. The minimum atomic E-state index is -3.42. The topological polar surface area (TPSA) is 43.4 Å². The van der Waals surface area contributed by atoms with Gasteiger partial charge in [-0.25, -0.2) is 12.8 Å². The monoisotopic (exact) mass is 344 g/mol. The first-order valence-electron chi connectivity index (χ1n) is 4.89. The summed E-state index contributed by atoms with van der Waals surface area (Å²) in [5, 5.41) is 0. The molecule has 1 aromatic rings. The number of unbranched alkanes of at least 4 members (excludes halogenated alkanes) is 1. The molecule has 1 rings (SSSR count). The van der Waals surface area contributed by atoms with Gasteiger partial charge in [0.05, 0.1) is 16.8 Å². The van der Waals surface area contributed by atoms with Gasteiger partial charge in [-0.2, -0.15) is 0 Å². The van der Waals surface area contributed by atoms with Crippen molar-refractivity contribution < 1.29 is 17.5 Å². The summed E-state index contributed by atoms with van der Waals surface area (Å²) >= 11 is 3.04. The quantitative estimate of drug-likeness (QED) is 0.587. The van der Waals surface area contributed by atoms with Crippen LogP contribution in [0.3, 0.4) is 0 Å². The van der Waals surface area contributed by atoms with Gasteiger partial charge in [-0.1, -0.05) is 0 Å². The van der Waals surface area contributed by atoms with Crippen molar-refractivity contribution in [3.05, 3.63) is 28.5 Å². The first kappa shape index (κ1) is 14.7. The average molecular weight is 346 g/mol. The van der Waals surface area contributed by atoms with E-state index in [0.29, 0.717) is 29.7 Å². The molecule has 0 spiro atoms. The molecule has 0 aliphatic carbocycles. The van der Waals surface area contributed by atoms with Gasteiger partial charge >= 0.3 is 0 Å². The lowest BCUT2D eigenvalue weighted by atomic mass is 10.3. The van der Waals surface area contributed by atoms with Crippen LogP contribution in [0.4, 0.5) is 4.39 Å². The first-order chi connectivity index (χ1) is 7.88. The van der Waals surface area contributed by atoms with Crippen LogP contribution in [0.5, 0.6) is 5.75 Å². The molecule has 0 unspecified atom stereocenters. The van der Waals surface area contributed by atoms with Gasteiger partial charge in [0.25, 0.3) is 0 Å². The van der Waals surface area contributed by atoms with Gasteiger partial charge in [-0.3, -0.25) is 0 Å². The summed E-state index contributed by atoms with van der Waals surface area (Å²) in [4.78, 5) is 0. The molecule has 0 saturated carbocycles. The Kier molecular flexibility index (Phi) is 5.69. The largest absolute Gasteiger partial charge is 0.494 e. The van der Waals surface area contributed by atoms with Gasteiger partial charge in [0.2, 0.25) is 9.05 Å². The Morgan fingerprint density at radius 1 is 1.35 bits per heavy atom. The van der Waals surface area contributed by atoms with Gasteiger partial charge < -0.3 is 4.74 Å².